The molecule has 4 aromatic rings. The predicted molar refractivity (Wildman–Crippen MR) is 112 cm³/mol. The van der Waals surface area contributed by atoms with Gasteiger partial charge in [0.2, 0.25) is 0 Å². The van der Waals surface area contributed by atoms with Gasteiger partial charge in [-0.2, -0.15) is 0 Å². The summed E-state index contributed by atoms with van der Waals surface area (Å²) in [7, 11) is 0. The van der Waals surface area contributed by atoms with Crippen molar-refractivity contribution in [3.63, 3.8) is 0 Å². The van der Waals surface area contributed by atoms with Crippen LogP contribution >= 0.6 is 22.9 Å². The third-order valence-corrected chi connectivity index (χ3v) is 5.81. The maximum absolute atomic E-state index is 12.2. The summed E-state index contributed by atoms with van der Waals surface area (Å²) in [4.78, 5) is 29.4. The number of halogens is 1. The van der Waals surface area contributed by atoms with E-state index in [-0.39, 0.29) is 12.2 Å². The van der Waals surface area contributed by atoms with E-state index in [0.717, 1.165) is 20.5 Å². The number of carbonyl (C=O) groups excluding carboxylic acids is 1. The van der Waals surface area contributed by atoms with Crippen LogP contribution in [0.3, 0.4) is 0 Å². The fourth-order valence-corrected chi connectivity index (χ4v) is 4.21. The molecule has 0 aliphatic carbocycles. The lowest BCUT2D eigenvalue weighted by molar-refractivity contribution is -0.139. The Labute approximate surface area is 169 Å². The Hall–Kier alpha value is -2.96. The summed E-state index contributed by atoms with van der Waals surface area (Å²) in [5, 5.41) is 1.57. The fraction of sp³-hybridized carbons (Fsp3) is 0.0952. The molecule has 0 fully saturated rings. The molecule has 140 valence electrons. The van der Waals surface area contributed by atoms with Crippen molar-refractivity contribution in [2.75, 3.05) is 0 Å². The van der Waals surface area contributed by atoms with Crippen molar-refractivity contribution in [1.82, 2.24) is 9.38 Å². The highest BCUT2D eigenvalue weighted by Gasteiger charge is 2.09. The average Bonchev–Trinajstić information content (AvgIpc) is 3.01. The van der Waals surface area contributed by atoms with Crippen LogP contribution in [0.1, 0.15) is 16.1 Å². The van der Waals surface area contributed by atoms with Gasteiger partial charge in [0.1, 0.15) is 12.3 Å². The zero-order valence-corrected chi connectivity index (χ0v) is 16.5. The van der Waals surface area contributed by atoms with Gasteiger partial charge in [0.15, 0.2) is 0 Å². The molecule has 4 rings (SSSR count). The molecule has 1 aromatic carbocycles. The van der Waals surface area contributed by atoms with Gasteiger partial charge in [-0.15, -0.1) is 11.3 Å². The molecule has 3 aromatic heterocycles. The van der Waals surface area contributed by atoms with Crippen molar-refractivity contribution in [1.29, 1.82) is 0 Å². The van der Waals surface area contributed by atoms with Gasteiger partial charge >= 0.3 is 5.97 Å². The number of hydrogen-bond donors (Lipinski definition) is 0. The van der Waals surface area contributed by atoms with Gasteiger partial charge in [-0.05, 0) is 30.7 Å². The Bertz CT molecular complexity index is 1290. The topological polar surface area (TPSA) is 60.7 Å². The van der Waals surface area contributed by atoms with Crippen molar-refractivity contribution in [2.45, 2.75) is 13.5 Å². The van der Waals surface area contributed by atoms with Crippen LogP contribution in [0.2, 0.25) is 5.02 Å². The quantitative estimate of drug-likeness (QED) is 0.363. The van der Waals surface area contributed by atoms with Crippen LogP contribution in [0, 0.1) is 6.92 Å². The second kappa shape index (κ2) is 7.58. The zero-order valence-electron chi connectivity index (χ0n) is 14.9. The van der Waals surface area contributed by atoms with Crippen LogP contribution in [0.4, 0.5) is 0 Å². The minimum absolute atomic E-state index is 0.0804. The summed E-state index contributed by atoms with van der Waals surface area (Å²) in [6.07, 6.45) is 4.69. The molecule has 7 heteroatoms. The molecule has 0 spiro atoms. The van der Waals surface area contributed by atoms with Crippen molar-refractivity contribution in [3.8, 4) is 0 Å². The summed E-state index contributed by atoms with van der Waals surface area (Å²) >= 11 is 7.86. The van der Waals surface area contributed by atoms with Crippen LogP contribution in [0.5, 0.6) is 0 Å². The van der Waals surface area contributed by atoms with E-state index >= 15 is 0 Å². The lowest BCUT2D eigenvalue weighted by atomic mass is 10.2. The Balaban J connectivity index is 1.47. The summed E-state index contributed by atoms with van der Waals surface area (Å²) in [5.41, 5.74) is 1.65. The number of nitrogens with zero attached hydrogens (tertiary/aromatic N) is 2. The first-order valence-corrected chi connectivity index (χ1v) is 9.71. The second-order valence-corrected chi connectivity index (χ2v) is 7.70. The predicted octanol–water partition coefficient (Wildman–Crippen LogP) is 4.63. The molecule has 0 bridgehead atoms. The zero-order chi connectivity index (χ0) is 19.7. The molecule has 28 heavy (non-hydrogen) atoms. The number of carbonyl (C=O) groups is 1. The first-order chi connectivity index (χ1) is 13.5. The summed E-state index contributed by atoms with van der Waals surface area (Å²) in [6, 6.07) is 12.8. The van der Waals surface area contributed by atoms with Gasteiger partial charge in [-0.1, -0.05) is 35.9 Å². The van der Waals surface area contributed by atoms with Crippen LogP contribution in [-0.4, -0.2) is 15.4 Å². The fourth-order valence-electron chi connectivity index (χ4n) is 2.81. The summed E-state index contributed by atoms with van der Waals surface area (Å²) in [5.74, 6) is -0.528. The standard InChI is InChI=1S/C21H15ClN2O3S/c1-13-6-8-18-23-14(10-19(25)24(18)11-13)12-27-20(26)9-7-17-21(22)15-4-2-3-5-16(15)28-17/h2-11H,12H2,1H3/b9-7+. The van der Waals surface area contributed by atoms with Gasteiger partial charge in [-0.3, -0.25) is 9.20 Å². The minimum Gasteiger partial charge on any atom is -0.456 e. The van der Waals surface area contributed by atoms with E-state index in [0.29, 0.717) is 16.4 Å². The lowest BCUT2D eigenvalue weighted by Crippen LogP contribution is -2.16. The molecule has 0 unspecified atom stereocenters. The molecule has 0 atom stereocenters. The Morgan fingerprint density at radius 3 is 2.93 bits per heavy atom. The number of ether oxygens (including phenoxy) is 1. The normalized spacial score (nSPS) is 11.5. The first kappa shape index (κ1) is 18.4. The molecule has 0 saturated heterocycles. The largest absolute Gasteiger partial charge is 0.456 e. The summed E-state index contributed by atoms with van der Waals surface area (Å²) in [6.45, 7) is 1.82. The number of aryl methyl sites for hydroxylation is 1. The molecule has 0 radical (unpaired) electrons. The second-order valence-electron chi connectivity index (χ2n) is 6.24. The first-order valence-electron chi connectivity index (χ1n) is 8.52. The SMILES string of the molecule is Cc1ccc2nc(COC(=O)/C=C/c3sc4ccccc4c3Cl)cc(=O)n2c1. The van der Waals surface area contributed by atoms with E-state index in [9.17, 15) is 9.59 Å². The van der Waals surface area contributed by atoms with Gasteiger partial charge in [-0.25, -0.2) is 9.78 Å². The molecule has 5 nitrogen and oxygen atoms in total. The molecule has 0 N–H and O–H groups in total. The van der Waals surface area contributed by atoms with E-state index in [2.05, 4.69) is 4.98 Å². The maximum Gasteiger partial charge on any atom is 0.331 e. The van der Waals surface area contributed by atoms with E-state index in [1.807, 2.05) is 37.3 Å². The highest BCUT2D eigenvalue weighted by molar-refractivity contribution is 7.20. The molecular weight excluding hydrogens is 396 g/mol. The van der Waals surface area contributed by atoms with Gasteiger partial charge in [0.05, 0.1) is 10.7 Å². The van der Waals surface area contributed by atoms with Crippen LogP contribution in [-0.2, 0) is 16.1 Å². The minimum atomic E-state index is -0.528. The number of fused-ring (bicyclic) bond motifs is 2. The van der Waals surface area contributed by atoms with Gasteiger partial charge < -0.3 is 4.74 Å². The van der Waals surface area contributed by atoms with Gasteiger partial charge in [0, 0.05) is 33.3 Å². The van der Waals surface area contributed by atoms with Crippen molar-refractivity contribution in [2.24, 2.45) is 0 Å². The number of esters is 1. The van der Waals surface area contributed by atoms with Crippen molar-refractivity contribution >= 4 is 50.7 Å². The van der Waals surface area contributed by atoms with Crippen molar-refractivity contribution in [3.05, 3.63) is 86.2 Å². The maximum atomic E-state index is 12.2. The highest BCUT2D eigenvalue weighted by Crippen LogP contribution is 2.35. The molecule has 0 aliphatic rings. The number of aromatic nitrogens is 2. The van der Waals surface area contributed by atoms with Crippen LogP contribution < -0.4 is 5.56 Å². The lowest BCUT2D eigenvalue weighted by Gasteiger charge is -2.05. The third kappa shape index (κ3) is 3.69. The van der Waals surface area contributed by atoms with Crippen LogP contribution in [0.15, 0.2) is 59.5 Å². The Kier molecular flexibility index (Phi) is 4.98. The van der Waals surface area contributed by atoms with E-state index in [1.54, 1.807) is 18.3 Å². The number of benzene rings is 1. The summed E-state index contributed by atoms with van der Waals surface area (Å²) < 4.78 is 7.73. The molecular formula is C21H15ClN2O3S. The van der Waals surface area contributed by atoms with E-state index in [1.165, 1.54) is 27.9 Å². The number of thiophene rings is 1. The average molecular weight is 411 g/mol. The van der Waals surface area contributed by atoms with E-state index in [4.69, 9.17) is 16.3 Å². The smallest absolute Gasteiger partial charge is 0.331 e. The third-order valence-electron chi connectivity index (χ3n) is 4.15. The molecule has 3 heterocycles. The molecule has 0 saturated carbocycles. The number of pyridine rings is 1. The molecule has 0 amide bonds. The Morgan fingerprint density at radius 2 is 2.11 bits per heavy atom. The van der Waals surface area contributed by atoms with Crippen LogP contribution in [0.25, 0.3) is 21.8 Å². The number of rotatable bonds is 4. The van der Waals surface area contributed by atoms with Gasteiger partial charge in [0.25, 0.3) is 5.56 Å². The monoisotopic (exact) mass is 410 g/mol. The highest BCUT2D eigenvalue weighted by atomic mass is 35.5. The molecule has 0 aliphatic heterocycles. The Morgan fingerprint density at radius 1 is 1.29 bits per heavy atom. The number of hydrogen-bond acceptors (Lipinski definition) is 5. The van der Waals surface area contributed by atoms with Crippen molar-refractivity contribution < 1.29 is 9.53 Å². The van der Waals surface area contributed by atoms with E-state index < -0.39 is 5.97 Å².